The molecule has 0 N–H and O–H groups in total. The lowest BCUT2D eigenvalue weighted by molar-refractivity contribution is -0.138. The quantitative estimate of drug-likeness (QED) is 0.824. The van der Waals surface area contributed by atoms with E-state index in [1.54, 1.807) is 0 Å². The molecule has 0 aromatic carbocycles. The first kappa shape index (κ1) is 13.6. The van der Waals surface area contributed by atoms with Gasteiger partial charge in [-0.3, -0.25) is 4.79 Å². The van der Waals surface area contributed by atoms with E-state index in [0.29, 0.717) is 12.0 Å². The average Bonchev–Trinajstić information content (AvgIpc) is 3.18. The molecule has 2 heterocycles. The molecular formula is C15H23N3O2. The van der Waals surface area contributed by atoms with Gasteiger partial charge in [-0.05, 0) is 38.5 Å². The van der Waals surface area contributed by atoms with Gasteiger partial charge in [0.15, 0.2) is 0 Å². The molecule has 1 aliphatic heterocycles. The molecule has 0 spiro atoms. The highest BCUT2D eigenvalue weighted by Gasteiger charge is 2.26. The van der Waals surface area contributed by atoms with E-state index < -0.39 is 0 Å². The van der Waals surface area contributed by atoms with Crippen molar-refractivity contribution in [3.63, 3.8) is 0 Å². The highest BCUT2D eigenvalue weighted by atomic mass is 16.5. The number of ether oxygens (including phenoxy) is 1. The molecule has 20 heavy (non-hydrogen) atoms. The number of imidazole rings is 1. The Labute approximate surface area is 119 Å². The molecule has 0 bridgehead atoms. The fourth-order valence-electron chi connectivity index (χ4n) is 2.87. The minimum Gasteiger partial charge on any atom is -0.371 e. The first-order valence-electron chi connectivity index (χ1n) is 7.59. The molecular weight excluding hydrogens is 254 g/mol. The number of carbonyl (C=O) groups excluding carboxylic acids is 1. The third kappa shape index (κ3) is 3.20. The Kier molecular flexibility index (Phi) is 4.05. The molecule has 1 saturated carbocycles. The van der Waals surface area contributed by atoms with Crippen LogP contribution in [0.1, 0.15) is 37.5 Å². The van der Waals surface area contributed by atoms with E-state index in [4.69, 9.17) is 4.74 Å². The summed E-state index contributed by atoms with van der Waals surface area (Å²) >= 11 is 0. The normalized spacial score (nSPS) is 23.1. The Balaban J connectivity index is 1.51. The van der Waals surface area contributed by atoms with Crippen LogP contribution in [0.3, 0.4) is 0 Å². The number of aromatic nitrogens is 2. The predicted octanol–water partition coefficient (Wildman–Crippen LogP) is 1.78. The molecule has 1 saturated heterocycles. The zero-order valence-corrected chi connectivity index (χ0v) is 12.1. The van der Waals surface area contributed by atoms with Gasteiger partial charge < -0.3 is 14.2 Å². The highest BCUT2D eigenvalue weighted by molar-refractivity contribution is 5.77. The van der Waals surface area contributed by atoms with Crippen molar-refractivity contribution in [2.75, 3.05) is 26.3 Å². The number of piperidine rings is 1. The summed E-state index contributed by atoms with van der Waals surface area (Å²) < 4.78 is 7.70. The molecule has 2 fully saturated rings. The van der Waals surface area contributed by atoms with Crippen molar-refractivity contribution in [2.45, 2.75) is 38.6 Å². The maximum atomic E-state index is 12.2. The minimum absolute atomic E-state index is 0.133. The number of hydrogen-bond donors (Lipinski definition) is 0. The van der Waals surface area contributed by atoms with Gasteiger partial charge >= 0.3 is 0 Å². The summed E-state index contributed by atoms with van der Waals surface area (Å²) in [7, 11) is 0. The molecule has 5 nitrogen and oxygen atoms in total. The molecule has 1 atom stereocenters. The molecule has 1 aliphatic carbocycles. The Bertz CT molecular complexity index is 467. The van der Waals surface area contributed by atoms with Crippen LogP contribution in [0.2, 0.25) is 0 Å². The molecule has 2 aliphatic rings. The highest BCUT2D eigenvalue weighted by Crippen LogP contribution is 2.28. The fourth-order valence-corrected chi connectivity index (χ4v) is 2.87. The monoisotopic (exact) mass is 277 g/mol. The van der Waals surface area contributed by atoms with Crippen molar-refractivity contribution < 1.29 is 9.53 Å². The van der Waals surface area contributed by atoms with Crippen LogP contribution in [0.4, 0.5) is 0 Å². The van der Waals surface area contributed by atoms with Gasteiger partial charge in [0.05, 0.1) is 12.6 Å². The van der Waals surface area contributed by atoms with Gasteiger partial charge in [-0.15, -0.1) is 0 Å². The molecule has 1 amide bonds. The van der Waals surface area contributed by atoms with Crippen LogP contribution in [-0.2, 0) is 9.53 Å². The van der Waals surface area contributed by atoms with Gasteiger partial charge in [-0.2, -0.15) is 0 Å². The molecule has 3 rings (SSSR count). The Hall–Kier alpha value is -1.36. The van der Waals surface area contributed by atoms with Gasteiger partial charge in [-0.1, -0.05) is 0 Å². The predicted molar refractivity (Wildman–Crippen MR) is 75.4 cm³/mol. The molecule has 1 aromatic rings. The number of hydrogen-bond acceptors (Lipinski definition) is 3. The second-order valence-corrected chi connectivity index (χ2v) is 5.98. The summed E-state index contributed by atoms with van der Waals surface area (Å²) in [4.78, 5) is 18.4. The third-order valence-electron chi connectivity index (χ3n) is 4.28. The van der Waals surface area contributed by atoms with Crippen LogP contribution in [-0.4, -0.2) is 46.7 Å². The van der Waals surface area contributed by atoms with E-state index in [2.05, 4.69) is 9.55 Å². The minimum atomic E-state index is 0.133. The molecule has 5 heteroatoms. The topological polar surface area (TPSA) is 47.4 Å². The second-order valence-electron chi connectivity index (χ2n) is 5.98. The first-order chi connectivity index (χ1) is 9.74. The van der Waals surface area contributed by atoms with Gasteiger partial charge in [0.1, 0.15) is 12.4 Å². The zero-order valence-electron chi connectivity index (χ0n) is 12.1. The van der Waals surface area contributed by atoms with Crippen LogP contribution < -0.4 is 0 Å². The summed E-state index contributed by atoms with van der Waals surface area (Å²) in [6.45, 7) is 4.65. The Morgan fingerprint density at radius 1 is 1.45 bits per heavy atom. The maximum Gasteiger partial charge on any atom is 0.248 e. The van der Waals surface area contributed by atoms with Crippen molar-refractivity contribution in [1.82, 2.24) is 14.5 Å². The zero-order chi connectivity index (χ0) is 13.9. The average molecular weight is 277 g/mol. The van der Waals surface area contributed by atoms with Crippen LogP contribution in [0.5, 0.6) is 0 Å². The maximum absolute atomic E-state index is 12.2. The smallest absolute Gasteiger partial charge is 0.248 e. The number of aryl methyl sites for hydroxylation is 1. The summed E-state index contributed by atoms with van der Waals surface area (Å²) in [5, 5.41) is 0. The summed E-state index contributed by atoms with van der Waals surface area (Å²) in [5.74, 6) is 1.87. The lowest BCUT2D eigenvalue weighted by atomic mass is 10.1. The lowest BCUT2D eigenvalue weighted by Crippen LogP contribution is -2.42. The van der Waals surface area contributed by atoms with E-state index >= 15 is 0 Å². The van der Waals surface area contributed by atoms with Crippen molar-refractivity contribution in [1.29, 1.82) is 0 Å². The van der Waals surface area contributed by atoms with Crippen LogP contribution in [0, 0.1) is 12.8 Å². The number of nitrogens with zero attached hydrogens (tertiary/aromatic N) is 3. The van der Waals surface area contributed by atoms with Gasteiger partial charge in [0, 0.05) is 25.5 Å². The third-order valence-corrected chi connectivity index (χ3v) is 4.28. The molecule has 110 valence electrons. The van der Waals surface area contributed by atoms with Crippen LogP contribution >= 0.6 is 0 Å². The number of rotatable bonds is 5. The summed E-state index contributed by atoms with van der Waals surface area (Å²) in [5.41, 5.74) is 0. The van der Waals surface area contributed by atoms with Crippen LogP contribution in [0.15, 0.2) is 12.4 Å². The molecule has 0 unspecified atom stereocenters. The first-order valence-corrected chi connectivity index (χ1v) is 7.59. The Morgan fingerprint density at radius 3 is 3.00 bits per heavy atom. The van der Waals surface area contributed by atoms with E-state index in [1.165, 1.54) is 12.8 Å². The van der Waals surface area contributed by atoms with E-state index in [0.717, 1.165) is 38.4 Å². The van der Waals surface area contributed by atoms with Gasteiger partial charge in [0.25, 0.3) is 0 Å². The summed E-state index contributed by atoms with van der Waals surface area (Å²) in [6.07, 6.45) is 8.53. The fraction of sp³-hybridized carbons (Fsp3) is 0.733. The lowest BCUT2D eigenvalue weighted by Gasteiger charge is -2.33. The molecule has 1 aromatic heterocycles. The largest absolute Gasteiger partial charge is 0.371 e. The summed E-state index contributed by atoms with van der Waals surface area (Å²) in [6, 6.07) is 0.360. The van der Waals surface area contributed by atoms with Crippen molar-refractivity contribution in [2.24, 2.45) is 5.92 Å². The van der Waals surface area contributed by atoms with Gasteiger partial charge in [-0.25, -0.2) is 4.98 Å². The standard InChI is InChI=1S/C15H23N3O2/c1-12-16-6-8-18(12)14-3-2-7-17(9-14)15(19)11-20-10-13-4-5-13/h6,8,13-14H,2-5,7,9-11H2,1H3/t14-/m0/s1. The number of likely N-dealkylation sites (tertiary alicyclic amines) is 1. The van der Waals surface area contributed by atoms with Crippen molar-refractivity contribution in [3.05, 3.63) is 18.2 Å². The van der Waals surface area contributed by atoms with Crippen molar-refractivity contribution in [3.8, 4) is 0 Å². The van der Waals surface area contributed by atoms with E-state index in [-0.39, 0.29) is 12.5 Å². The SMILES string of the molecule is Cc1nccn1[C@H]1CCCN(C(=O)COCC2CC2)C1. The van der Waals surface area contributed by atoms with E-state index in [9.17, 15) is 4.79 Å². The van der Waals surface area contributed by atoms with Crippen LogP contribution in [0.25, 0.3) is 0 Å². The van der Waals surface area contributed by atoms with E-state index in [1.807, 2.05) is 24.2 Å². The second kappa shape index (κ2) is 5.95. The van der Waals surface area contributed by atoms with Crippen molar-refractivity contribution >= 4 is 5.91 Å². The van der Waals surface area contributed by atoms with Gasteiger partial charge in [0.2, 0.25) is 5.91 Å². The Morgan fingerprint density at radius 2 is 2.30 bits per heavy atom. The number of carbonyl (C=O) groups is 1. The molecule has 0 radical (unpaired) electrons. The number of amides is 1.